The highest BCUT2D eigenvalue weighted by Crippen LogP contribution is 2.22. The third-order valence-electron chi connectivity index (χ3n) is 3.61. The predicted molar refractivity (Wildman–Crippen MR) is 110 cm³/mol. The normalized spacial score (nSPS) is 12.0. The number of thiazole rings is 1. The van der Waals surface area contributed by atoms with Crippen molar-refractivity contribution in [2.75, 3.05) is 13.2 Å². The average Bonchev–Trinajstić information content (AvgIpc) is 2.92. The minimum atomic E-state index is -0.243. The summed E-state index contributed by atoms with van der Waals surface area (Å²) >= 11 is 9.71. The molecule has 0 unspecified atom stereocenters. The topological polar surface area (TPSA) is 43.6 Å². The van der Waals surface area contributed by atoms with Gasteiger partial charge in [-0.1, -0.05) is 35.1 Å². The Morgan fingerprint density at radius 2 is 2.12 bits per heavy atom. The Hall–Kier alpha value is -1.22. The third kappa shape index (κ3) is 4.31. The number of hydrogen-bond donors (Lipinski definition) is 0. The summed E-state index contributed by atoms with van der Waals surface area (Å²) in [6.07, 6.45) is 0. The maximum absolute atomic E-state index is 12.6. The molecular weight excluding hydrogens is 471 g/mol. The lowest BCUT2D eigenvalue weighted by Gasteiger charge is -2.05. The first-order valence-corrected chi connectivity index (χ1v) is 10.1. The lowest BCUT2D eigenvalue weighted by Crippen LogP contribution is -2.20. The van der Waals surface area contributed by atoms with Crippen LogP contribution in [-0.2, 0) is 11.3 Å². The zero-order valence-electron chi connectivity index (χ0n) is 13.5. The standard InChI is InChI=1S/C18H16ClIN2O2S/c1-2-24-10-9-22-15-8-7-12(19)11-16(15)25-18(22)21-17(23)13-5-3-4-6-14(13)20/h3-8,11H,2,9-10H2,1H3. The van der Waals surface area contributed by atoms with Crippen LogP contribution >= 0.6 is 45.5 Å². The zero-order chi connectivity index (χ0) is 17.8. The van der Waals surface area contributed by atoms with E-state index in [2.05, 4.69) is 27.6 Å². The number of halogens is 2. The molecule has 3 aromatic rings. The van der Waals surface area contributed by atoms with Gasteiger partial charge >= 0.3 is 0 Å². The van der Waals surface area contributed by atoms with Gasteiger partial charge in [-0.3, -0.25) is 4.79 Å². The van der Waals surface area contributed by atoms with Crippen molar-refractivity contribution in [3.05, 3.63) is 61.4 Å². The molecule has 4 nitrogen and oxygen atoms in total. The van der Waals surface area contributed by atoms with E-state index >= 15 is 0 Å². The van der Waals surface area contributed by atoms with E-state index < -0.39 is 0 Å². The number of rotatable bonds is 5. The third-order valence-corrected chi connectivity index (χ3v) is 5.83. The minimum absolute atomic E-state index is 0.243. The van der Waals surface area contributed by atoms with Crippen molar-refractivity contribution in [1.29, 1.82) is 0 Å². The van der Waals surface area contributed by atoms with Crippen molar-refractivity contribution in [2.24, 2.45) is 4.99 Å². The first-order valence-electron chi connectivity index (χ1n) is 7.80. The second kappa shape index (κ2) is 8.44. The van der Waals surface area contributed by atoms with Crippen molar-refractivity contribution in [2.45, 2.75) is 13.5 Å². The molecule has 3 rings (SSSR count). The van der Waals surface area contributed by atoms with Gasteiger partial charge in [0, 0.05) is 21.7 Å². The van der Waals surface area contributed by atoms with Gasteiger partial charge in [0.2, 0.25) is 0 Å². The van der Waals surface area contributed by atoms with Crippen molar-refractivity contribution < 1.29 is 9.53 Å². The van der Waals surface area contributed by atoms with E-state index in [-0.39, 0.29) is 5.91 Å². The summed E-state index contributed by atoms with van der Waals surface area (Å²) in [6.45, 7) is 3.81. The molecule has 0 spiro atoms. The summed E-state index contributed by atoms with van der Waals surface area (Å²) in [5, 5.41) is 0.668. The molecule has 130 valence electrons. The molecule has 0 radical (unpaired) electrons. The molecular formula is C18H16ClIN2O2S. The van der Waals surface area contributed by atoms with Crippen LogP contribution in [0.2, 0.25) is 5.02 Å². The summed E-state index contributed by atoms with van der Waals surface area (Å²) in [5.74, 6) is -0.243. The molecule has 0 fully saturated rings. The number of hydrogen-bond acceptors (Lipinski definition) is 3. The zero-order valence-corrected chi connectivity index (χ0v) is 17.3. The van der Waals surface area contributed by atoms with E-state index in [0.717, 1.165) is 13.8 Å². The Kier molecular flexibility index (Phi) is 6.27. The van der Waals surface area contributed by atoms with Crippen molar-refractivity contribution in [3.8, 4) is 0 Å². The van der Waals surface area contributed by atoms with Crippen LogP contribution < -0.4 is 4.80 Å². The van der Waals surface area contributed by atoms with E-state index in [4.69, 9.17) is 16.3 Å². The van der Waals surface area contributed by atoms with E-state index in [9.17, 15) is 4.79 Å². The molecule has 0 N–H and O–H groups in total. The highest BCUT2D eigenvalue weighted by atomic mass is 127. The lowest BCUT2D eigenvalue weighted by molar-refractivity contribution is 0.0996. The van der Waals surface area contributed by atoms with Crippen LogP contribution in [0.3, 0.4) is 0 Å². The first-order chi connectivity index (χ1) is 12.1. The van der Waals surface area contributed by atoms with Crippen molar-refractivity contribution in [3.63, 3.8) is 0 Å². The van der Waals surface area contributed by atoms with Crippen LogP contribution in [0, 0.1) is 3.57 Å². The molecule has 1 amide bonds. The number of nitrogens with zero attached hydrogens (tertiary/aromatic N) is 2. The molecule has 0 aliphatic heterocycles. The Bertz CT molecular complexity index is 981. The maximum Gasteiger partial charge on any atom is 0.280 e. The number of ether oxygens (including phenoxy) is 1. The van der Waals surface area contributed by atoms with E-state index in [1.165, 1.54) is 11.3 Å². The Labute approximate surface area is 168 Å². The van der Waals surface area contributed by atoms with E-state index in [1.54, 1.807) is 6.07 Å². The van der Waals surface area contributed by atoms with Crippen LogP contribution in [0.5, 0.6) is 0 Å². The molecule has 0 aliphatic rings. The van der Waals surface area contributed by atoms with Gasteiger partial charge < -0.3 is 9.30 Å². The summed E-state index contributed by atoms with van der Waals surface area (Å²) in [7, 11) is 0. The van der Waals surface area contributed by atoms with Crippen LogP contribution in [-0.4, -0.2) is 23.7 Å². The Balaban J connectivity index is 2.08. The Morgan fingerprint density at radius 1 is 1.32 bits per heavy atom. The summed E-state index contributed by atoms with van der Waals surface area (Å²) in [4.78, 5) is 17.7. The van der Waals surface area contributed by atoms with Gasteiger partial charge in [-0.2, -0.15) is 4.99 Å². The van der Waals surface area contributed by atoms with E-state index in [0.29, 0.717) is 35.1 Å². The lowest BCUT2D eigenvalue weighted by atomic mass is 10.2. The number of carbonyl (C=O) groups is 1. The predicted octanol–water partition coefficient (Wildman–Crippen LogP) is 4.74. The van der Waals surface area contributed by atoms with Crippen LogP contribution in [0.15, 0.2) is 47.5 Å². The molecule has 25 heavy (non-hydrogen) atoms. The Morgan fingerprint density at radius 3 is 2.88 bits per heavy atom. The number of aromatic nitrogens is 1. The van der Waals surface area contributed by atoms with Gasteiger partial charge in [-0.25, -0.2) is 0 Å². The molecule has 0 bridgehead atoms. The average molecular weight is 487 g/mol. The fourth-order valence-corrected chi connectivity index (χ4v) is 4.38. The minimum Gasteiger partial charge on any atom is -0.380 e. The van der Waals surface area contributed by atoms with Gasteiger partial charge in [-0.05, 0) is 59.8 Å². The fourth-order valence-electron chi connectivity index (χ4n) is 2.43. The molecule has 2 aromatic carbocycles. The number of benzene rings is 2. The molecule has 0 atom stereocenters. The number of amides is 1. The fraction of sp³-hybridized carbons (Fsp3) is 0.222. The largest absolute Gasteiger partial charge is 0.380 e. The van der Waals surface area contributed by atoms with Gasteiger partial charge in [-0.15, -0.1) is 0 Å². The molecule has 0 saturated heterocycles. The number of fused-ring (bicyclic) bond motifs is 1. The molecule has 0 saturated carbocycles. The van der Waals surface area contributed by atoms with Crippen molar-refractivity contribution >= 4 is 61.7 Å². The number of carbonyl (C=O) groups excluding carboxylic acids is 1. The molecule has 1 aromatic heterocycles. The summed E-state index contributed by atoms with van der Waals surface area (Å²) in [6, 6.07) is 13.1. The summed E-state index contributed by atoms with van der Waals surface area (Å²) < 4.78 is 9.37. The molecule has 1 heterocycles. The smallest absolute Gasteiger partial charge is 0.280 e. The van der Waals surface area contributed by atoms with Gasteiger partial charge in [0.25, 0.3) is 5.91 Å². The second-order valence-electron chi connectivity index (χ2n) is 5.24. The SMILES string of the molecule is CCOCCn1c(=NC(=O)c2ccccc2I)sc2cc(Cl)ccc21. The van der Waals surface area contributed by atoms with Crippen LogP contribution in [0.25, 0.3) is 10.2 Å². The van der Waals surface area contributed by atoms with Gasteiger partial charge in [0.1, 0.15) is 0 Å². The molecule has 0 aliphatic carbocycles. The van der Waals surface area contributed by atoms with Crippen LogP contribution in [0.1, 0.15) is 17.3 Å². The monoisotopic (exact) mass is 486 g/mol. The quantitative estimate of drug-likeness (QED) is 0.386. The molecule has 7 heteroatoms. The van der Waals surface area contributed by atoms with Gasteiger partial charge in [0.15, 0.2) is 4.80 Å². The first kappa shape index (κ1) is 18.6. The second-order valence-corrected chi connectivity index (χ2v) is 7.85. The van der Waals surface area contributed by atoms with Gasteiger partial charge in [0.05, 0.1) is 22.4 Å². The maximum atomic E-state index is 12.6. The van der Waals surface area contributed by atoms with E-state index in [1.807, 2.05) is 47.9 Å². The van der Waals surface area contributed by atoms with Crippen molar-refractivity contribution in [1.82, 2.24) is 4.57 Å². The highest BCUT2D eigenvalue weighted by Gasteiger charge is 2.11. The summed E-state index contributed by atoms with van der Waals surface area (Å²) in [5.41, 5.74) is 1.61. The van der Waals surface area contributed by atoms with Crippen LogP contribution in [0.4, 0.5) is 0 Å². The highest BCUT2D eigenvalue weighted by molar-refractivity contribution is 14.1.